The molecule has 0 aliphatic heterocycles. The van der Waals surface area contributed by atoms with E-state index < -0.39 is 0 Å². The number of ether oxygens (including phenoxy) is 1. The number of fused-ring (bicyclic) bond motifs is 1. The van der Waals surface area contributed by atoms with Crippen LogP contribution >= 0.6 is 0 Å². The Hall–Kier alpha value is -2.17. The third-order valence-corrected chi connectivity index (χ3v) is 2.91. The fourth-order valence-electron chi connectivity index (χ4n) is 1.96. The predicted octanol–water partition coefficient (Wildman–Crippen LogP) is 3.21. The summed E-state index contributed by atoms with van der Waals surface area (Å²) in [5.41, 5.74) is 1.43. The lowest BCUT2D eigenvalue weighted by atomic mass is 10.1. The van der Waals surface area contributed by atoms with Crippen molar-refractivity contribution in [3.05, 3.63) is 30.2 Å². The average Bonchev–Trinajstić information content (AvgIpc) is 2.81. The number of H-pyrrole nitrogens is 1. The Balaban J connectivity index is 2.32. The van der Waals surface area contributed by atoms with Gasteiger partial charge in [0.15, 0.2) is 5.78 Å². The molecule has 2 aromatic rings. The number of aromatic nitrogens is 3. The summed E-state index contributed by atoms with van der Waals surface area (Å²) in [4.78, 5) is 22.9. The van der Waals surface area contributed by atoms with Gasteiger partial charge in [0.1, 0.15) is 17.6 Å². The molecule has 0 aromatic carbocycles. The molecular formula is C16H21N3O2. The molecule has 0 aliphatic rings. The van der Waals surface area contributed by atoms with Gasteiger partial charge in [0, 0.05) is 12.6 Å². The van der Waals surface area contributed by atoms with E-state index in [0.717, 1.165) is 16.6 Å². The number of nitrogens with zero attached hydrogens (tertiary/aromatic N) is 2. The second-order valence-corrected chi connectivity index (χ2v) is 5.86. The van der Waals surface area contributed by atoms with Crippen LogP contribution in [0.5, 0.6) is 5.88 Å². The fraction of sp³-hybridized carbons (Fsp3) is 0.438. The van der Waals surface area contributed by atoms with Crippen molar-refractivity contribution < 1.29 is 9.53 Å². The molecule has 0 saturated carbocycles. The lowest BCUT2D eigenvalue weighted by molar-refractivity contribution is -0.114. The Labute approximate surface area is 124 Å². The van der Waals surface area contributed by atoms with Crippen molar-refractivity contribution in [3.63, 3.8) is 0 Å². The van der Waals surface area contributed by atoms with Crippen molar-refractivity contribution in [2.75, 3.05) is 0 Å². The van der Waals surface area contributed by atoms with Crippen LogP contribution < -0.4 is 4.74 Å². The summed E-state index contributed by atoms with van der Waals surface area (Å²) in [5.74, 6) is 0.691. The average molecular weight is 287 g/mol. The van der Waals surface area contributed by atoms with Crippen LogP contribution in [0.15, 0.2) is 24.7 Å². The van der Waals surface area contributed by atoms with E-state index in [9.17, 15) is 4.79 Å². The van der Waals surface area contributed by atoms with E-state index in [2.05, 4.69) is 15.0 Å². The maximum Gasteiger partial charge on any atom is 0.226 e. The first kappa shape index (κ1) is 15.2. The number of nitrogens with one attached hydrogen (secondary N) is 1. The molecule has 21 heavy (non-hydrogen) atoms. The molecule has 5 heteroatoms. The lowest BCUT2D eigenvalue weighted by Gasteiger charge is -2.20. The topological polar surface area (TPSA) is 67.9 Å². The first-order valence-electron chi connectivity index (χ1n) is 7.10. The molecule has 0 spiro atoms. The van der Waals surface area contributed by atoms with Crippen LogP contribution in [0.1, 0.15) is 39.7 Å². The minimum Gasteiger partial charge on any atom is -0.471 e. The summed E-state index contributed by atoms with van der Waals surface area (Å²) >= 11 is 0. The van der Waals surface area contributed by atoms with Crippen LogP contribution in [0.2, 0.25) is 0 Å². The molecule has 0 radical (unpaired) electrons. The van der Waals surface area contributed by atoms with Crippen molar-refractivity contribution in [1.29, 1.82) is 0 Å². The third-order valence-electron chi connectivity index (χ3n) is 2.91. The third kappa shape index (κ3) is 3.90. The van der Waals surface area contributed by atoms with E-state index in [4.69, 9.17) is 4.74 Å². The van der Waals surface area contributed by atoms with E-state index >= 15 is 0 Å². The lowest BCUT2D eigenvalue weighted by Crippen LogP contribution is -2.23. The maximum atomic E-state index is 11.3. The maximum absolute atomic E-state index is 11.3. The Morgan fingerprint density at radius 3 is 2.81 bits per heavy atom. The normalized spacial score (nSPS) is 12.2. The zero-order valence-electron chi connectivity index (χ0n) is 12.9. The van der Waals surface area contributed by atoms with Crippen LogP contribution in [-0.4, -0.2) is 26.3 Å². The van der Waals surface area contributed by atoms with Gasteiger partial charge in [-0.1, -0.05) is 13.0 Å². The second-order valence-electron chi connectivity index (χ2n) is 5.86. The van der Waals surface area contributed by atoms with Crippen molar-refractivity contribution in [3.8, 4) is 5.88 Å². The van der Waals surface area contributed by atoms with Gasteiger partial charge in [-0.05, 0) is 38.8 Å². The van der Waals surface area contributed by atoms with Crippen molar-refractivity contribution in [1.82, 2.24) is 15.0 Å². The standard InChI is InChI=1S/C16H21N3O2/c1-5-12(20)8-6-7-11-9-17-14-13(11)15(19-10-18-14)21-16(2,3)4/h6,8-10H,5,7H2,1-4H3,(H,17,18,19)/b8-6+. The summed E-state index contributed by atoms with van der Waals surface area (Å²) in [5, 5.41) is 0.876. The summed E-state index contributed by atoms with van der Waals surface area (Å²) < 4.78 is 5.90. The highest BCUT2D eigenvalue weighted by Crippen LogP contribution is 2.28. The Morgan fingerprint density at radius 1 is 1.38 bits per heavy atom. The van der Waals surface area contributed by atoms with Gasteiger partial charge >= 0.3 is 0 Å². The highest BCUT2D eigenvalue weighted by molar-refractivity contribution is 5.89. The molecule has 0 bridgehead atoms. The van der Waals surface area contributed by atoms with Gasteiger partial charge in [0.05, 0.1) is 5.39 Å². The molecule has 0 atom stereocenters. The minimum atomic E-state index is -0.330. The second kappa shape index (κ2) is 6.08. The molecule has 1 N–H and O–H groups in total. The van der Waals surface area contributed by atoms with Crippen molar-refractivity contribution >= 4 is 16.8 Å². The van der Waals surface area contributed by atoms with E-state index in [-0.39, 0.29) is 11.4 Å². The number of hydrogen-bond donors (Lipinski definition) is 1. The molecule has 112 valence electrons. The molecule has 0 fully saturated rings. The molecule has 0 aliphatic carbocycles. The van der Waals surface area contributed by atoms with Crippen molar-refractivity contribution in [2.24, 2.45) is 0 Å². The monoisotopic (exact) mass is 287 g/mol. The van der Waals surface area contributed by atoms with E-state index in [1.807, 2.05) is 40.0 Å². The summed E-state index contributed by atoms with van der Waals surface area (Å²) in [6.45, 7) is 7.79. The minimum absolute atomic E-state index is 0.122. The number of carbonyl (C=O) groups is 1. The highest BCUT2D eigenvalue weighted by Gasteiger charge is 2.18. The summed E-state index contributed by atoms with van der Waals surface area (Å²) in [6.07, 6.45) is 8.01. The summed E-state index contributed by atoms with van der Waals surface area (Å²) in [7, 11) is 0. The van der Waals surface area contributed by atoms with Crippen LogP contribution in [-0.2, 0) is 11.2 Å². The van der Waals surface area contributed by atoms with Crippen LogP contribution in [0.4, 0.5) is 0 Å². The van der Waals surface area contributed by atoms with E-state index in [1.165, 1.54) is 6.33 Å². The smallest absolute Gasteiger partial charge is 0.226 e. The molecular weight excluding hydrogens is 266 g/mol. The van der Waals surface area contributed by atoms with Crippen LogP contribution in [0.3, 0.4) is 0 Å². The van der Waals surface area contributed by atoms with Gasteiger partial charge in [-0.3, -0.25) is 4.79 Å². The molecule has 2 heterocycles. The molecule has 2 rings (SSSR count). The van der Waals surface area contributed by atoms with Gasteiger partial charge in [-0.2, -0.15) is 0 Å². The number of aromatic amines is 1. The summed E-state index contributed by atoms with van der Waals surface area (Å²) in [6, 6.07) is 0. The molecule has 2 aromatic heterocycles. The van der Waals surface area contributed by atoms with Gasteiger partial charge in [-0.15, -0.1) is 0 Å². The number of hydrogen-bond acceptors (Lipinski definition) is 4. The molecule has 0 amide bonds. The first-order chi connectivity index (χ1) is 9.90. The Kier molecular flexibility index (Phi) is 4.40. The van der Waals surface area contributed by atoms with E-state index in [1.54, 1.807) is 6.08 Å². The quantitative estimate of drug-likeness (QED) is 0.857. The van der Waals surface area contributed by atoms with Gasteiger partial charge in [-0.25, -0.2) is 9.97 Å². The Bertz CT molecular complexity index is 666. The SMILES string of the molecule is CCC(=O)/C=C/Cc1c[nH]c2ncnc(OC(C)(C)C)c12. The number of carbonyl (C=O) groups excluding carboxylic acids is 1. The molecule has 0 saturated heterocycles. The zero-order valence-corrected chi connectivity index (χ0v) is 12.9. The van der Waals surface area contributed by atoms with Gasteiger partial charge < -0.3 is 9.72 Å². The molecule has 0 unspecified atom stereocenters. The predicted molar refractivity (Wildman–Crippen MR) is 82.4 cm³/mol. The zero-order chi connectivity index (χ0) is 15.5. The van der Waals surface area contributed by atoms with Crippen LogP contribution in [0, 0.1) is 0 Å². The number of allylic oxidation sites excluding steroid dienone is 2. The van der Waals surface area contributed by atoms with Gasteiger partial charge in [0.25, 0.3) is 0 Å². The Morgan fingerprint density at radius 2 is 2.14 bits per heavy atom. The van der Waals surface area contributed by atoms with E-state index in [0.29, 0.717) is 18.7 Å². The largest absolute Gasteiger partial charge is 0.471 e. The van der Waals surface area contributed by atoms with Crippen LogP contribution in [0.25, 0.3) is 11.0 Å². The van der Waals surface area contributed by atoms with Gasteiger partial charge in [0.2, 0.25) is 5.88 Å². The molecule has 5 nitrogen and oxygen atoms in total. The first-order valence-corrected chi connectivity index (χ1v) is 7.10. The fourth-order valence-corrected chi connectivity index (χ4v) is 1.96. The number of ketones is 1. The highest BCUT2D eigenvalue weighted by atomic mass is 16.5. The number of rotatable bonds is 5. The van der Waals surface area contributed by atoms with Crippen molar-refractivity contribution in [2.45, 2.75) is 46.1 Å².